The average Bonchev–Trinajstić information content (AvgIpc) is 2.46. The van der Waals surface area contributed by atoms with Gasteiger partial charge in [0.2, 0.25) is 0 Å². The molecule has 20 heavy (non-hydrogen) atoms. The maximum atomic E-state index is 6.23. The molecule has 0 aromatic heterocycles. The van der Waals surface area contributed by atoms with Crippen LogP contribution in [-0.2, 0) is 0 Å². The summed E-state index contributed by atoms with van der Waals surface area (Å²) in [5.41, 5.74) is 11.3. The Morgan fingerprint density at radius 3 is 1.80 bits per heavy atom. The van der Waals surface area contributed by atoms with Gasteiger partial charge in [-0.1, -0.05) is 59.7 Å². The highest BCUT2D eigenvalue weighted by Crippen LogP contribution is 2.15. The molecule has 0 amide bonds. The summed E-state index contributed by atoms with van der Waals surface area (Å²) in [6.45, 7) is 7.15. The Bertz CT molecular complexity index is 477. The summed E-state index contributed by atoms with van der Waals surface area (Å²) in [5.74, 6) is 0. The summed E-state index contributed by atoms with van der Waals surface area (Å²) < 4.78 is 0. The van der Waals surface area contributed by atoms with Crippen molar-refractivity contribution in [2.45, 2.75) is 32.9 Å². The predicted molar refractivity (Wildman–Crippen MR) is 85.7 cm³/mol. The maximum Gasteiger partial charge on any atom is 0.0421 e. The summed E-state index contributed by atoms with van der Waals surface area (Å²) >= 11 is 0. The smallest absolute Gasteiger partial charge is 0.0421 e. The topological polar surface area (TPSA) is 38.0 Å². The summed E-state index contributed by atoms with van der Waals surface area (Å²) in [5, 5.41) is 3.51. The van der Waals surface area contributed by atoms with Gasteiger partial charge in [0.15, 0.2) is 0 Å². The zero-order valence-electron chi connectivity index (χ0n) is 12.6. The van der Waals surface area contributed by atoms with Crippen LogP contribution >= 0.6 is 0 Å². The molecule has 2 heteroatoms. The third kappa shape index (κ3) is 3.92. The molecule has 0 aliphatic rings. The Labute approximate surface area is 122 Å². The zero-order valence-corrected chi connectivity index (χ0v) is 12.6. The number of nitrogens with one attached hydrogen (secondary N) is 1. The molecule has 2 atom stereocenters. The van der Waals surface area contributed by atoms with E-state index < -0.39 is 0 Å². The predicted octanol–water partition coefficient (Wildman–Crippen LogP) is 3.65. The largest absolute Gasteiger partial charge is 0.323 e. The van der Waals surface area contributed by atoms with Crippen LogP contribution in [0.3, 0.4) is 0 Å². The first-order valence-electron chi connectivity index (χ1n) is 7.18. The Balaban J connectivity index is 1.91. The van der Waals surface area contributed by atoms with Crippen molar-refractivity contribution in [1.29, 1.82) is 0 Å². The van der Waals surface area contributed by atoms with Crippen LogP contribution < -0.4 is 11.1 Å². The summed E-state index contributed by atoms with van der Waals surface area (Å²) in [4.78, 5) is 0. The molecular formula is C18H24N2. The van der Waals surface area contributed by atoms with Crippen LogP contribution in [0.5, 0.6) is 0 Å². The van der Waals surface area contributed by atoms with Gasteiger partial charge in [-0.15, -0.1) is 0 Å². The Morgan fingerprint density at radius 2 is 1.30 bits per heavy atom. The summed E-state index contributed by atoms with van der Waals surface area (Å²) in [7, 11) is 0. The van der Waals surface area contributed by atoms with E-state index in [1.54, 1.807) is 0 Å². The minimum absolute atomic E-state index is 0.0310. The van der Waals surface area contributed by atoms with Gasteiger partial charge in [0, 0.05) is 18.6 Å². The zero-order chi connectivity index (χ0) is 14.5. The minimum atomic E-state index is 0.0310. The molecule has 0 radical (unpaired) electrons. The molecule has 0 saturated carbocycles. The maximum absolute atomic E-state index is 6.23. The molecule has 0 bridgehead atoms. The number of nitrogens with two attached hydrogens (primary N) is 1. The van der Waals surface area contributed by atoms with E-state index in [4.69, 9.17) is 5.73 Å². The van der Waals surface area contributed by atoms with E-state index in [0.29, 0.717) is 6.04 Å². The first-order chi connectivity index (χ1) is 9.56. The second-order valence-corrected chi connectivity index (χ2v) is 5.56. The van der Waals surface area contributed by atoms with Crippen molar-refractivity contribution >= 4 is 0 Å². The molecule has 2 aromatic rings. The third-order valence-corrected chi connectivity index (χ3v) is 3.73. The first-order valence-corrected chi connectivity index (χ1v) is 7.18. The molecule has 106 valence electrons. The molecule has 2 rings (SSSR count). The Morgan fingerprint density at radius 1 is 0.850 bits per heavy atom. The Hall–Kier alpha value is -1.64. The molecule has 2 nitrogen and oxygen atoms in total. The number of aryl methyl sites for hydroxylation is 2. The van der Waals surface area contributed by atoms with Crippen molar-refractivity contribution in [1.82, 2.24) is 5.32 Å². The van der Waals surface area contributed by atoms with Crippen LogP contribution in [0.1, 0.15) is 41.3 Å². The fraction of sp³-hybridized carbons (Fsp3) is 0.333. The Kier molecular flexibility index (Phi) is 4.94. The molecular weight excluding hydrogens is 244 g/mol. The van der Waals surface area contributed by atoms with E-state index in [2.05, 4.69) is 74.6 Å². The van der Waals surface area contributed by atoms with E-state index in [1.807, 2.05) is 0 Å². The fourth-order valence-electron chi connectivity index (χ4n) is 2.21. The lowest BCUT2D eigenvalue weighted by Gasteiger charge is -2.18. The molecule has 0 aliphatic heterocycles. The molecule has 0 spiro atoms. The molecule has 0 unspecified atom stereocenters. The van der Waals surface area contributed by atoms with Crippen LogP contribution in [0, 0.1) is 13.8 Å². The number of hydrogen-bond donors (Lipinski definition) is 2. The summed E-state index contributed by atoms with van der Waals surface area (Å²) in [6.07, 6.45) is 0. The standard InChI is InChI=1S/C18H24N2/c1-13-4-8-16(9-5-13)15(3)20-12-18(19)17-10-6-14(2)7-11-17/h4-11,15,18,20H,12,19H2,1-3H3/t15-,18+/m0/s1. The van der Waals surface area contributed by atoms with Crippen LogP contribution in [0.4, 0.5) is 0 Å². The molecule has 3 N–H and O–H groups in total. The van der Waals surface area contributed by atoms with E-state index in [0.717, 1.165) is 6.54 Å². The molecule has 2 aromatic carbocycles. The van der Waals surface area contributed by atoms with Crippen LogP contribution in [0.2, 0.25) is 0 Å². The van der Waals surface area contributed by atoms with Gasteiger partial charge >= 0.3 is 0 Å². The van der Waals surface area contributed by atoms with Crippen molar-refractivity contribution in [3.63, 3.8) is 0 Å². The monoisotopic (exact) mass is 268 g/mol. The van der Waals surface area contributed by atoms with E-state index in [1.165, 1.54) is 22.3 Å². The SMILES string of the molecule is Cc1ccc([C@H](N)CN[C@@H](C)c2ccc(C)cc2)cc1. The van der Waals surface area contributed by atoms with Gasteiger partial charge in [-0.05, 0) is 31.9 Å². The second-order valence-electron chi connectivity index (χ2n) is 5.56. The highest BCUT2D eigenvalue weighted by Gasteiger charge is 2.09. The minimum Gasteiger partial charge on any atom is -0.323 e. The number of benzene rings is 2. The number of hydrogen-bond acceptors (Lipinski definition) is 2. The van der Waals surface area contributed by atoms with Crippen LogP contribution in [0.15, 0.2) is 48.5 Å². The van der Waals surface area contributed by atoms with Crippen molar-refractivity contribution in [3.05, 3.63) is 70.8 Å². The molecule has 0 heterocycles. The molecule has 0 saturated heterocycles. The second kappa shape index (κ2) is 6.69. The van der Waals surface area contributed by atoms with Gasteiger partial charge in [0.05, 0.1) is 0 Å². The highest BCUT2D eigenvalue weighted by atomic mass is 14.9. The van der Waals surface area contributed by atoms with Crippen molar-refractivity contribution in [2.24, 2.45) is 5.73 Å². The van der Waals surface area contributed by atoms with Crippen molar-refractivity contribution in [2.75, 3.05) is 6.54 Å². The fourth-order valence-corrected chi connectivity index (χ4v) is 2.21. The van der Waals surface area contributed by atoms with E-state index >= 15 is 0 Å². The van der Waals surface area contributed by atoms with Crippen LogP contribution in [0.25, 0.3) is 0 Å². The highest BCUT2D eigenvalue weighted by molar-refractivity contribution is 5.25. The molecule has 0 aliphatic carbocycles. The van der Waals surface area contributed by atoms with Gasteiger partial charge in [-0.2, -0.15) is 0 Å². The van der Waals surface area contributed by atoms with Gasteiger partial charge in [-0.3, -0.25) is 0 Å². The quantitative estimate of drug-likeness (QED) is 0.868. The van der Waals surface area contributed by atoms with Gasteiger partial charge in [0.25, 0.3) is 0 Å². The van der Waals surface area contributed by atoms with Gasteiger partial charge in [0.1, 0.15) is 0 Å². The first kappa shape index (κ1) is 14.8. The van der Waals surface area contributed by atoms with Gasteiger partial charge in [-0.25, -0.2) is 0 Å². The van der Waals surface area contributed by atoms with Crippen molar-refractivity contribution < 1.29 is 0 Å². The normalized spacial score (nSPS) is 14.0. The lowest BCUT2D eigenvalue weighted by molar-refractivity contribution is 0.527. The summed E-state index contributed by atoms with van der Waals surface area (Å²) in [6, 6.07) is 17.4. The lowest BCUT2D eigenvalue weighted by Crippen LogP contribution is -2.29. The van der Waals surface area contributed by atoms with Crippen LogP contribution in [-0.4, -0.2) is 6.54 Å². The van der Waals surface area contributed by atoms with Gasteiger partial charge < -0.3 is 11.1 Å². The average molecular weight is 268 g/mol. The number of rotatable bonds is 5. The third-order valence-electron chi connectivity index (χ3n) is 3.73. The van der Waals surface area contributed by atoms with E-state index in [9.17, 15) is 0 Å². The lowest BCUT2D eigenvalue weighted by atomic mass is 10.0. The van der Waals surface area contributed by atoms with Crippen molar-refractivity contribution in [3.8, 4) is 0 Å². The molecule has 0 fully saturated rings. The van der Waals surface area contributed by atoms with E-state index in [-0.39, 0.29) is 6.04 Å².